The number of hydrogen-bond donors (Lipinski definition) is 0. The molecule has 0 N–H and O–H groups in total. The van der Waals surface area contributed by atoms with Gasteiger partial charge in [0.1, 0.15) is 5.75 Å². The molecular formula is C16H24INO. The molecule has 2 rings (SSSR count). The third kappa shape index (κ3) is 5.69. The fourth-order valence-electron chi connectivity index (χ4n) is 2.44. The molecule has 0 radical (unpaired) electrons. The summed E-state index contributed by atoms with van der Waals surface area (Å²) in [5, 5.41) is 0. The van der Waals surface area contributed by atoms with Crippen LogP contribution in [0.5, 0.6) is 5.75 Å². The summed E-state index contributed by atoms with van der Waals surface area (Å²) in [6, 6.07) is 8.27. The van der Waals surface area contributed by atoms with Crippen molar-refractivity contribution in [2.24, 2.45) is 5.92 Å². The minimum absolute atomic E-state index is 0.838. The van der Waals surface area contributed by atoms with E-state index in [4.69, 9.17) is 4.74 Å². The minimum Gasteiger partial charge on any atom is -0.494 e. The summed E-state index contributed by atoms with van der Waals surface area (Å²) in [6.45, 7) is 7.03. The maximum Gasteiger partial charge on any atom is 0.119 e. The predicted molar refractivity (Wildman–Crippen MR) is 88.7 cm³/mol. The highest BCUT2D eigenvalue weighted by Crippen LogP contribution is 2.16. The van der Waals surface area contributed by atoms with Crippen molar-refractivity contribution in [3.05, 3.63) is 27.8 Å². The highest BCUT2D eigenvalue weighted by molar-refractivity contribution is 14.1. The van der Waals surface area contributed by atoms with Crippen molar-refractivity contribution < 1.29 is 4.74 Å². The Labute approximate surface area is 130 Å². The molecule has 106 valence electrons. The van der Waals surface area contributed by atoms with Crippen LogP contribution in [0.1, 0.15) is 32.6 Å². The quantitative estimate of drug-likeness (QED) is 0.548. The molecule has 0 aromatic heterocycles. The predicted octanol–water partition coefficient (Wildman–Crippen LogP) is 4.18. The van der Waals surface area contributed by atoms with Gasteiger partial charge < -0.3 is 9.64 Å². The molecule has 3 heteroatoms. The Morgan fingerprint density at radius 1 is 1.16 bits per heavy atom. The van der Waals surface area contributed by atoms with E-state index in [1.54, 1.807) is 0 Å². The molecule has 0 amide bonds. The van der Waals surface area contributed by atoms with Gasteiger partial charge in [-0.2, -0.15) is 0 Å². The van der Waals surface area contributed by atoms with Crippen molar-refractivity contribution in [2.75, 3.05) is 26.2 Å². The van der Waals surface area contributed by atoms with Crippen LogP contribution in [0, 0.1) is 9.49 Å². The molecule has 1 heterocycles. The molecule has 1 aromatic carbocycles. The van der Waals surface area contributed by atoms with E-state index in [0.29, 0.717) is 0 Å². The number of rotatable bonds is 6. The fraction of sp³-hybridized carbons (Fsp3) is 0.625. The van der Waals surface area contributed by atoms with Crippen LogP contribution in [0.15, 0.2) is 24.3 Å². The van der Waals surface area contributed by atoms with Gasteiger partial charge in [0.25, 0.3) is 0 Å². The lowest BCUT2D eigenvalue weighted by atomic mass is 9.99. The van der Waals surface area contributed by atoms with E-state index in [1.165, 1.54) is 42.5 Å². The van der Waals surface area contributed by atoms with E-state index in [-0.39, 0.29) is 0 Å². The Hall–Kier alpha value is -0.290. The van der Waals surface area contributed by atoms with Crippen LogP contribution in [0.25, 0.3) is 0 Å². The number of piperidine rings is 1. The molecule has 0 aliphatic carbocycles. The van der Waals surface area contributed by atoms with Crippen LogP contribution in [-0.4, -0.2) is 31.1 Å². The van der Waals surface area contributed by atoms with Crippen molar-refractivity contribution in [2.45, 2.75) is 32.6 Å². The molecule has 1 saturated heterocycles. The average Bonchev–Trinajstić information content (AvgIpc) is 2.43. The lowest BCUT2D eigenvalue weighted by molar-refractivity contribution is 0.185. The second-order valence-electron chi connectivity index (χ2n) is 5.53. The first-order chi connectivity index (χ1) is 9.24. The number of nitrogens with zero attached hydrogens (tertiary/aromatic N) is 1. The molecule has 19 heavy (non-hydrogen) atoms. The standard InChI is InChI=1S/C16H24INO/c1-14-8-11-18(12-9-14)10-2-3-13-19-16-6-4-15(17)5-7-16/h4-7,14H,2-3,8-13H2,1H3. The highest BCUT2D eigenvalue weighted by Gasteiger charge is 2.14. The minimum atomic E-state index is 0.838. The summed E-state index contributed by atoms with van der Waals surface area (Å²) in [5.41, 5.74) is 0. The summed E-state index contributed by atoms with van der Waals surface area (Å²) in [5.74, 6) is 1.92. The monoisotopic (exact) mass is 373 g/mol. The smallest absolute Gasteiger partial charge is 0.119 e. The third-order valence-corrected chi connectivity index (χ3v) is 4.55. The zero-order valence-electron chi connectivity index (χ0n) is 11.8. The average molecular weight is 373 g/mol. The van der Waals surface area contributed by atoms with Gasteiger partial charge >= 0.3 is 0 Å². The molecule has 0 bridgehead atoms. The second kappa shape index (κ2) is 8.10. The molecule has 1 fully saturated rings. The molecule has 0 unspecified atom stereocenters. The van der Waals surface area contributed by atoms with E-state index >= 15 is 0 Å². The summed E-state index contributed by atoms with van der Waals surface area (Å²) < 4.78 is 7.00. The first-order valence-corrected chi connectivity index (χ1v) is 8.42. The number of halogens is 1. The van der Waals surface area contributed by atoms with Gasteiger partial charge in [0.05, 0.1) is 6.61 Å². The van der Waals surface area contributed by atoms with Crippen LogP contribution in [0.4, 0.5) is 0 Å². The van der Waals surface area contributed by atoms with Gasteiger partial charge in [-0.25, -0.2) is 0 Å². The molecule has 2 nitrogen and oxygen atoms in total. The maximum absolute atomic E-state index is 5.75. The summed E-state index contributed by atoms with van der Waals surface area (Å²) in [4.78, 5) is 2.60. The van der Waals surface area contributed by atoms with Crippen molar-refractivity contribution >= 4 is 22.6 Å². The Bertz CT molecular complexity index is 358. The normalized spacial score (nSPS) is 17.6. The largest absolute Gasteiger partial charge is 0.494 e. The van der Waals surface area contributed by atoms with Crippen LogP contribution in [-0.2, 0) is 0 Å². The Balaban J connectivity index is 1.53. The van der Waals surface area contributed by atoms with Crippen LogP contribution in [0.3, 0.4) is 0 Å². The van der Waals surface area contributed by atoms with Gasteiger partial charge in [-0.1, -0.05) is 6.92 Å². The SMILES string of the molecule is CC1CCN(CCCCOc2ccc(I)cc2)CC1. The van der Waals surface area contributed by atoms with Gasteiger partial charge in [-0.3, -0.25) is 0 Å². The molecular weight excluding hydrogens is 349 g/mol. The van der Waals surface area contributed by atoms with E-state index in [2.05, 4.69) is 46.5 Å². The molecule has 1 aliphatic heterocycles. The van der Waals surface area contributed by atoms with Gasteiger partial charge in [0.2, 0.25) is 0 Å². The second-order valence-corrected chi connectivity index (χ2v) is 6.78. The topological polar surface area (TPSA) is 12.5 Å². The maximum atomic E-state index is 5.75. The fourth-order valence-corrected chi connectivity index (χ4v) is 2.80. The summed E-state index contributed by atoms with van der Waals surface area (Å²) in [6.07, 6.45) is 5.15. The first kappa shape index (κ1) is 15.1. The summed E-state index contributed by atoms with van der Waals surface area (Å²) >= 11 is 2.31. The van der Waals surface area contributed by atoms with E-state index < -0.39 is 0 Å². The number of benzene rings is 1. The lowest BCUT2D eigenvalue weighted by Gasteiger charge is -2.30. The van der Waals surface area contributed by atoms with Gasteiger partial charge in [0.15, 0.2) is 0 Å². The zero-order chi connectivity index (χ0) is 13.5. The third-order valence-electron chi connectivity index (χ3n) is 3.83. The van der Waals surface area contributed by atoms with E-state index in [0.717, 1.165) is 24.7 Å². The van der Waals surface area contributed by atoms with Gasteiger partial charge in [0, 0.05) is 3.57 Å². The van der Waals surface area contributed by atoms with E-state index in [9.17, 15) is 0 Å². The van der Waals surface area contributed by atoms with Crippen LogP contribution in [0.2, 0.25) is 0 Å². The van der Waals surface area contributed by atoms with Crippen molar-refractivity contribution in [3.8, 4) is 5.75 Å². The first-order valence-electron chi connectivity index (χ1n) is 7.35. The van der Waals surface area contributed by atoms with Crippen molar-refractivity contribution in [1.82, 2.24) is 4.90 Å². The Morgan fingerprint density at radius 2 is 1.84 bits per heavy atom. The van der Waals surface area contributed by atoms with Crippen LogP contribution >= 0.6 is 22.6 Å². The molecule has 0 atom stereocenters. The Kier molecular flexibility index (Phi) is 6.44. The molecule has 1 aliphatic rings. The molecule has 0 spiro atoms. The summed E-state index contributed by atoms with van der Waals surface area (Å²) in [7, 11) is 0. The number of unbranched alkanes of at least 4 members (excludes halogenated alkanes) is 1. The molecule has 1 aromatic rings. The van der Waals surface area contributed by atoms with Gasteiger partial charge in [-0.15, -0.1) is 0 Å². The Morgan fingerprint density at radius 3 is 2.53 bits per heavy atom. The van der Waals surface area contributed by atoms with Crippen LogP contribution < -0.4 is 4.74 Å². The highest BCUT2D eigenvalue weighted by atomic mass is 127. The number of hydrogen-bond acceptors (Lipinski definition) is 2. The van der Waals surface area contributed by atoms with E-state index in [1.807, 2.05) is 12.1 Å². The van der Waals surface area contributed by atoms with Crippen molar-refractivity contribution in [1.29, 1.82) is 0 Å². The van der Waals surface area contributed by atoms with Crippen molar-refractivity contribution in [3.63, 3.8) is 0 Å². The zero-order valence-corrected chi connectivity index (χ0v) is 13.9. The van der Waals surface area contributed by atoms with Gasteiger partial charge in [-0.05, 0) is 98.1 Å². The number of ether oxygens (including phenoxy) is 1. The number of likely N-dealkylation sites (tertiary alicyclic amines) is 1. The molecule has 0 saturated carbocycles. The lowest BCUT2D eigenvalue weighted by Crippen LogP contribution is -2.33.